The van der Waals surface area contributed by atoms with Gasteiger partial charge in [-0.3, -0.25) is 0 Å². The number of urea groups is 1. The molecule has 0 unspecified atom stereocenters. The van der Waals surface area contributed by atoms with E-state index >= 15 is 0 Å². The van der Waals surface area contributed by atoms with Crippen molar-refractivity contribution in [2.24, 2.45) is 0 Å². The van der Waals surface area contributed by atoms with E-state index in [1.807, 2.05) is 6.92 Å². The van der Waals surface area contributed by atoms with Crippen LogP contribution < -0.4 is 10.1 Å². The number of carbonyl (C=O) groups is 1. The molecule has 1 aliphatic rings. The van der Waals surface area contributed by atoms with E-state index in [2.05, 4.69) is 5.32 Å². The summed E-state index contributed by atoms with van der Waals surface area (Å²) in [6, 6.07) is 5.16. The summed E-state index contributed by atoms with van der Waals surface area (Å²) in [5.74, 6) is 0.432. The Morgan fingerprint density at radius 3 is 2.87 bits per heavy atom. The van der Waals surface area contributed by atoms with E-state index in [4.69, 9.17) is 26.2 Å². The number of halogens is 1. The largest absolute Gasteiger partial charge is 0.487 e. The van der Waals surface area contributed by atoms with Gasteiger partial charge in [0.2, 0.25) is 0 Å². The van der Waals surface area contributed by atoms with Gasteiger partial charge in [0, 0.05) is 19.2 Å². The smallest absolute Gasteiger partial charge is 0.322 e. The van der Waals surface area contributed by atoms with Crippen molar-refractivity contribution in [3.8, 4) is 5.75 Å². The minimum absolute atomic E-state index is 0.0584. The number of rotatable bonds is 9. The van der Waals surface area contributed by atoms with E-state index < -0.39 is 0 Å². The lowest BCUT2D eigenvalue weighted by Crippen LogP contribution is -2.38. The van der Waals surface area contributed by atoms with Gasteiger partial charge in [-0.15, -0.1) is 0 Å². The van der Waals surface area contributed by atoms with Crippen LogP contribution in [0.15, 0.2) is 18.2 Å². The number of nitrogens with zero attached hydrogens (tertiary/aromatic N) is 1. The molecule has 23 heavy (non-hydrogen) atoms. The molecule has 1 fully saturated rings. The normalized spacial score (nSPS) is 13.7. The Labute approximate surface area is 141 Å². The number of benzene rings is 1. The molecule has 7 heteroatoms. The summed E-state index contributed by atoms with van der Waals surface area (Å²) in [6.07, 6.45) is 1.95. The van der Waals surface area contributed by atoms with Crippen molar-refractivity contribution in [3.05, 3.63) is 23.2 Å². The summed E-state index contributed by atoms with van der Waals surface area (Å²) in [5.41, 5.74) is 0.516. The Balaban J connectivity index is 2.02. The van der Waals surface area contributed by atoms with Crippen LogP contribution in [0.1, 0.15) is 19.8 Å². The van der Waals surface area contributed by atoms with E-state index in [1.54, 1.807) is 23.1 Å². The highest BCUT2D eigenvalue weighted by molar-refractivity contribution is 6.32. The maximum atomic E-state index is 12.4. The predicted molar refractivity (Wildman–Crippen MR) is 89.3 cm³/mol. The van der Waals surface area contributed by atoms with Crippen molar-refractivity contribution < 1.29 is 19.4 Å². The summed E-state index contributed by atoms with van der Waals surface area (Å²) in [7, 11) is 0. The summed E-state index contributed by atoms with van der Waals surface area (Å²) in [5, 5.41) is 12.4. The van der Waals surface area contributed by atoms with Crippen molar-refractivity contribution in [2.45, 2.75) is 25.8 Å². The summed E-state index contributed by atoms with van der Waals surface area (Å²) >= 11 is 6.17. The number of hydrogen-bond acceptors (Lipinski definition) is 4. The molecule has 1 aromatic rings. The number of hydrogen-bond donors (Lipinski definition) is 2. The molecule has 0 atom stereocenters. The number of aliphatic hydroxyl groups excluding tert-OH is 1. The minimum Gasteiger partial charge on any atom is -0.487 e. The van der Waals surface area contributed by atoms with Crippen molar-refractivity contribution in [2.75, 3.05) is 38.3 Å². The molecule has 1 aliphatic carbocycles. The topological polar surface area (TPSA) is 71.0 Å². The standard InChI is InChI=1S/C16H23ClN2O4/c1-2-22-10-11-23-15-13(17)4-3-5-14(15)18-16(21)19(8-9-20)12-6-7-12/h3-5,12,20H,2,6-11H2,1H3,(H,18,21). The molecule has 0 radical (unpaired) electrons. The number of carbonyl (C=O) groups excluding carboxylic acids is 1. The zero-order valence-corrected chi connectivity index (χ0v) is 14.0. The lowest BCUT2D eigenvalue weighted by molar-refractivity contribution is 0.110. The van der Waals surface area contributed by atoms with E-state index in [-0.39, 0.29) is 18.7 Å². The van der Waals surface area contributed by atoms with Gasteiger partial charge in [-0.2, -0.15) is 0 Å². The van der Waals surface area contributed by atoms with E-state index in [0.717, 1.165) is 12.8 Å². The Morgan fingerprint density at radius 1 is 1.43 bits per heavy atom. The van der Waals surface area contributed by atoms with Crippen LogP contribution >= 0.6 is 11.6 Å². The first-order chi connectivity index (χ1) is 11.2. The third-order valence-corrected chi connectivity index (χ3v) is 3.77. The third-order valence-electron chi connectivity index (χ3n) is 3.48. The second-order valence-electron chi connectivity index (χ2n) is 5.24. The maximum absolute atomic E-state index is 12.4. The van der Waals surface area contributed by atoms with E-state index in [0.29, 0.717) is 42.8 Å². The Kier molecular flexibility index (Phi) is 6.95. The highest BCUT2D eigenvalue weighted by Crippen LogP contribution is 2.34. The fourth-order valence-corrected chi connectivity index (χ4v) is 2.46. The van der Waals surface area contributed by atoms with Crippen molar-refractivity contribution in [1.29, 1.82) is 0 Å². The van der Waals surface area contributed by atoms with Gasteiger partial charge >= 0.3 is 6.03 Å². The van der Waals surface area contributed by atoms with Gasteiger partial charge in [-0.25, -0.2) is 4.79 Å². The van der Waals surface area contributed by atoms with Crippen LogP contribution in [0.3, 0.4) is 0 Å². The SMILES string of the molecule is CCOCCOc1c(Cl)cccc1NC(=O)N(CCO)C1CC1. The van der Waals surface area contributed by atoms with Crippen LogP contribution in [0, 0.1) is 0 Å². The predicted octanol–water partition coefficient (Wildman–Crippen LogP) is 2.74. The number of aliphatic hydroxyl groups is 1. The molecule has 0 heterocycles. The van der Waals surface area contributed by atoms with Crippen LogP contribution in [-0.2, 0) is 4.74 Å². The fraction of sp³-hybridized carbons (Fsp3) is 0.562. The zero-order chi connectivity index (χ0) is 16.7. The first-order valence-electron chi connectivity index (χ1n) is 7.85. The molecule has 1 saturated carbocycles. The fourth-order valence-electron chi connectivity index (χ4n) is 2.23. The van der Waals surface area contributed by atoms with Crippen molar-refractivity contribution >= 4 is 23.3 Å². The van der Waals surface area contributed by atoms with E-state index in [9.17, 15) is 4.79 Å². The van der Waals surface area contributed by atoms with Gasteiger partial charge in [-0.05, 0) is 31.9 Å². The Morgan fingerprint density at radius 2 is 2.22 bits per heavy atom. The molecule has 0 aromatic heterocycles. The third kappa shape index (κ3) is 5.27. The summed E-state index contributed by atoms with van der Waals surface area (Å²) in [6.45, 7) is 3.59. The first-order valence-corrected chi connectivity index (χ1v) is 8.22. The quantitative estimate of drug-likeness (QED) is 0.677. The first kappa shape index (κ1) is 17.8. The van der Waals surface area contributed by atoms with Gasteiger partial charge in [0.05, 0.1) is 23.9 Å². The molecule has 2 amide bonds. The number of anilines is 1. The van der Waals surface area contributed by atoms with Crippen LogP contribution in [0.2, 0.25) is 5.02 Å². The van der Waals surface area contributed by atoms with E-state index in [1.165, 1.54) is 0 Å². The molecule has 2 rings (SSSR count). The highest BCUT2D eigenvalue weighted by atomic mass is 35.5. The monoisotopic (exact) mass is 342 g/mol. The van der Waals surface area contributed by atoms with Gasteiger partial charge in [-0.1, -0.05) is 17.7 Å². The molecule has 6 nitrogen and oxygen atoms in total. The average Bonchev–Trinajstić information content (AvgIpc) is 3.36. The van der Waals surface area contributed by atoms with Crippen LogP contribution in [0.5, 0.6) is 5.75 Å². The minimum atomic E-state index is -0.251. The molecule has 2 N–H and O–H groups in total. The number of nitrogens with one attached hydrogen (secondary N) is 1. The maximum Gasteiger partial charge on any atom is 0.322 e. The zero-order valence-electron chi connectivity index (χ0n) is 13.3. The van der Waals surface area contributed by atoms with Crippen LogP contribution in [0.25, 0.3) is 0 Å². The molecule has 0 saturated heterocycles. The molecular formula is C16H23ClN2O4. The molecule has 0 spiro atoms. The highest BCUT2D eigenvalue weighted by Gasteiger charge is 2.32. The Bertz CT molecular complexity index is 523. The number of para-hydroxylation sites is 1. The second-order valence-corrected chi connectivity index (χ2v) is 5.65. The van der Waals surface area contributed by atoms with Gasteiger partial charge in [0.15, 0.2) is 5.75 Å². The second kappa shape index (κ2) is 8.96. The van der Waals surface area contributed by atoms with Crippen LogP contribution in [0.4, 0.5) is 10.5 Å². The van der Waals surface area contributed by atoms with Gasteiger partial charge in [0.25, 0.3) is 0 Å². The molecule has 0 aliphatic heterocycles. The van der Waals surface area contributed by atoms with Crippen LogP contribution in [-0.4, -0.2) is 55.1 Å². The summed E-state index contributed by atoms with van der Waals surface area (Å²) in [4.78, 5) is 14.0. The molecule has 128 valence electrons. The lowest BCUT2D eigenvalue weighted by Gasteiger charge is -2.23. The van der Waals surface area contributed by atoms with Gasteiger partial charge < -0.3 is 24.8 Å². The summed E-state index contributed by atoms with van der Waals surface area (Å²) < 4.78 is 10.9. The number of amides is 2. The van der Waals surface area contributed by atoms with Crippen molar-refractivity contribution in [1.82, 2.24) is 4.90 Å². The van der Waals surface area contributed by atoms with Gasteiger partial charge in [0.1, 0.15) is 6.61 Å². The molecular weight excluding hydrogens is 320 g/mol. The average molecular weight is 343 g/mol. The van der Waals surface area contributed by atoms with Crippen molar-refractivity contribution in [3.63, 3.8) is 0 Å². The molecule has 1 aromatic carbocycles. The lowest BCUT2D eigenvalue weighted by atomic mass is 10.3. The Hall–Kier alpha value is -1.50. The molecule has 0 bridgehead atoms. The number of ether oxygens (including phenoxy) is 2.